The number of rotatable bonds is 3. The lowest BCUT2D eigenvalue weighted by molar-refractivity contribution is -0.119. The summed E-state index contributed by atoms with van der Waals surface area (Å²) in [7, 11) is 3.17. The minimum atomic E-state index is -0.0762. The van der Waals surface area contributed by atoms with Gasteiger partial charge >= 0.3 is 0 Å². The Morgan fingerprint density at radius 2 is 2.28 bits per heavy atom. The van der Waals surface area contributed by atoms with Crippen LogP contribution in [-0.2, 0) is 11.2 Å². The molecule has 2 aromatic rings. The van der Waals surface area contributed by atoms with Crippen molar-refractivity contribution >= 4 is 28.4 Å². The molecule has 0 aliphatic heterocycles. The van der Waals surface area contributed by atoms with Crippen LogP contribution in [-0.4, -0.2) is 25.0 Å². The maximum absolute atomic E-state index is 11.5. The summed E-state index contributed by atoms with van der Waals surface area (Å²) in [5.41, 5.74) is 1.54. The van der Waals surface area contributed by atoms with Crippen molar-refractivity contribution < 1.29 is 9.53 Å². The lowest BCUT2D eigenvalue weighted by Gasteiger charge is -2.10. The first kappa shape index (κ1) is 12.6. The molecule has 0 aliphatic rings. The molecule has 0 saturated heterocycles. The fraction of sp³-hybridized carbons (Fsp3) is 0.231. The average molecular weight is 265 g/mol. The van der Waals surface area contributed by atoms with Crippen molar-refractivity contribution in [3.63, 3.8) is 0 Å². The molecule has 2 rings (SSSR count). The Balaban J connectivity index is 2.57. The van der Waals surface area contributed by atoms with Crippen LogP contribution in [0.15, 0.2) is 24.4 Å². The monoisotopic (exact) mass is 264 g/mol. The van der Waals surface area contributed by atoms with E-state index in [0.29, 0.717) is 10.8 Å². The predicted molar refractivity (Wildman–Crippen MR) is 71.1 cm³/mol. The number of hydrogen-bond acceptors (Lipinski definition) is 3. The second kappa shape index (κ2) is 5.23. The summed E-state index contributed by atoms with van der Waals surface area (Å²) in [5.74, 6) is 0.563. The van der Waals surface area contributed by atoms with Crippen molar-refractivity contribution in [1.29, 1.82) is 0 Å². The van der Waals surface area contributed by atoms with Crippen molar-refractivity contribution in [3.05, 3.63) is 35.0 Å². The molecule has 4 nitrogen and oxygen atoms in total. The van der Waals surface area contributed by atoms with Gasteiger partial charge in [0.05, 0.1) is 24.1 Å². The topological polar surface area (TPSA) is 51.2 Å². The summed E-state index contributed by atoms with van der Waals surface area (Å²) in [4.78, 5) is 15.7. The Kier molecular flexibility index (Phi) is 3.67. The van der Waals surface area contributed by atoms with E-state index in [9.17, 15) is 4.79 Å². The number of halogens is 1. The van der Waals surface area contributed by atoms with E-state index in [1.807, 2.05) is 6.07 Å². The number of nitrogens with one attached hydrogen (secondary N) is 1. The SMILES string of the molecule is CNC(=O)Cc1cc2c(Cl)ccnc2cc1OC. The molecule has 0 bridgehead atoms. The molecule has 0 unspecified atom stereocenters. The molecule has 0 fully saturated rings. The van der Waals surface area contributed by atoms with Crippen LogP contribution in [0.1, 0.15) is 5.56 Å². The fourth-order valence-corrected chi connectivity index (χ4v) is 1.98. The van der Waals surface area contributed by atoms with Gasteiger partial charge in [0.2, 0.25) is 5.91 Å². The zero-order valence-corrected chi connectivity index (χ0v) is 10.9. The Morgan fingerprint density at radius 1 is 1.50 bits per heavy atom. The number of benzene rings is 1. The molecule has 5 heteroatoms. The fourth-order valence-electron chi connectivity index (χ4n) is 1.77. The minimum absolute atomic E-state index is 0.0762. The molecule has 18 heavy (non-hydrogen) atoms. The molecule has 1 N–H and O–H groups in total. The summed E-state index contributed by atoms with van der Waals surface area (Å²) in [6, 6.07) is 5.36. The summed E-state index contributed by atoms with van der Waals surface area (Å²) in [5, 5.41) is 4.01. The molecule has 0 radical (unpaired) electrons. The van der Waals surface area contributed by atoms with Crippen LogP contribution in [0, 0.1) is 0 Å². The van der Waals surface area contributed by atoms with E-state index in [1.54, 1.807) is 32.5 Å². The molecule has 0 aliphatic carbocycles. The lowest BCUT2D eigenvalue weighted by atomic mass is 10.1. The molecule has 0 spiro atoms. The molecule has 1 aromatic carbocycles. The molecular formula is C13H13ClN2O2. The average Bonchev–Trinajstić information content (AvgIpc) is 2.39. The van der Waals surface area contributed by atoms with Gasteiger partial charge in [0.25, 0.3) is 0 Å². The van der Waals surface area contributed by atoms with E-state index in [2.05, 4.69) is 10.3 Å². The van der Waals surface area contributed by atoms with Gasteiger partial charge in [-0.05, 0) is 12.1 Å². The first-order valence-corrected chi connectivity index (χ1v) is 5.85. The molecule has 1 aromatic heterocycles. The third kappa shape index (κ3) is 2.38. The van der Waals surface area contributed by atoms with Gasteiger partial charge in [-0.1, -0.05) is 11.6 Å². The van der Waals surface area contributed by atoms with Gasteiger partial charge in [-0.3, -0.25) is 9.78 Å². The van der Waals surface area contributed by atoms with Crippen molar-refractivity contribution in [2.45, 2.75) is 6.42 Å². The predicted octanol–water partition coefficient (Wildman–Crippen LogP) is 2.19. The van der Waals surface area contributed by atoms with Crippen molar-refractivity contribution in [3.8, 4) is 5.75 Å². The van der Waals surface area contributed by atoms with Crippen molar-refractivity contribution in [1.82, 2.24) is 10.3 Å². The molecule has 94 valence electrons. The quantitative estimate of drug-likeness (QED) is 0.925. The maximum Gasteiger partial charge on any atom is 0.224 e. The van der Waals surface area contributed by atoms with E-state index in [1.165, 1.54) is 0 Å². The highest BCUT2D eigenvalue weighted by atomic mass is 35.5. The van der Waals surface area contributed by atoms with E-state index >= 15 is 0 Å². The Bertz CT molecular complexity index is 599. The number of aromatic nitrogens is 1. The summed E-state index contributed by atoms with van der Waals surface area (Å²) >= 11 is 6.11. The second-order valence-corrected chi connectivity index (χ2v) is 4.23. The number of fused-ring (bicyclic) bond motifs is 1. The van der Waals surface area contributed by atoms with Crippen LogP contribution < -0.4 is 10.1 Å². The van der Waals surface area contributed by atoms with E-state index in [4.69, 9.17) is 16.3 Å². The maximum atomic E-state index is 11.5. The normalized spacial score (nSPS) is 10.4. The number of nitrogens with zero attached hydrogens (tertiary/aromatic N) is 1. The number of methoxy groups -OCH3 is 1. The number of ether oxygens (including phenoxy) is 1. The van der Waals surface area contributed by atoms with Gasteiger partial charge in [0.1, 0.15) is 5.75 Å². The van der Waals surface area contributed by atoms with Crippen LogP contribution in [0.2, 0.25) is 5.02 Å². The van der Waals surface area contributed by atoms with Gasteiger partial charge in [0, 0.05) is 30.3 Å². The van der Waals surface area contributed by atoms with Crippen LogP contribution in [0.4, 0.5) is 0 Å². The van der Waals surface area contributed by atoms with Gasteiger partial charge in [0.15, 0.2) is 0 Å². The van der Waals surface area contributed by atoms with Gasteiger partial charge in [-0.2, -0.15) is 0 Å². The van der Waals surface area contributed by atoms with Crippen LogP contribution in [0.3, 0.4) is 0 Å². The minimum Gasteiger partial charge on any atom is -0.496 e. The molecular weight excluding hydrogens is 252 g/mol. The van der Waals surface area contributed by atoms with Gasteiger partial charge < -0.3 is 10.1 Å². The summed E-state index contributed by atoms with van der Waals surface area (Å²) in [6.45, 7) is 0. The zero-order chi connectivity index (χ0) is 13.1. The smallest absolute Gasteiger partial charge is 0.224 e. The number of amides is 1. The van der Waals surface area contributed by atoms with Gasteiger partial charge in [-0.25, -0.2) is 0 Å². The number of hydrogen-bond donors (Lipinski definition) is 1. The second-order valence-electron chi connectivity index (χ2n) is 3.82. The highest BCUT2D eigenvalue weighted by Gasteiger charge is 2.11. The first-order chi connectivity index (χ1) is 8.65. The van der Waals surface area contributed by atoms with E-state index in [-0.39, 0.29) is 12.3 Å². The largest absolute Gasteiger partial charge is 0.496 e. The van der Waals surface area contributed by atoms with Crippen LogP contribution in [0.25, 0.3) is 10.9 Å². The van der Waals surface area contributed by atoms with E-state index < -0.39 is 0 Å². The van der Waals surface area contributed by atoms with Crippen molar-refractivity contribution in [2.24, 2.45) is 0 Å². The number of likely N-dealkylation sites (N-methyl/N-ethyl adjacent to an activating group) is 1. The van der Waals surface area contributed by atoms with Crippen LogP contribution in [0.5, 0.6) is 5.75 Å². The Hall–Kier alpha value is -1.81. The third-order valence-electron chi connectivity index (χ3n) is 2.72. The summed E-state index contributed by atoms with van der Waals surface area (Å²) < 4.78 is 5.28. The Labute approximate surface area is 110 Å². The van der Waals surface area contributed by atoms with Crippen molar-refractivity contribution in [2.75, 3.05) is 14.2 Å². The highest BCUT2D eigenvalue weighted by molar-refractivity contribution is 6.35. The van der Waals surface area contributed by atoms with E-state index in [0.717, 1.165) is 16.5 Å². The molecule has 1 heterocycles. The summed E-state index contributed by atoms with van der Waals surface area (Å²) in [6.07, 6.45) is 1.89. The molecule has 0 saturated carbocycles. The lowest BCUT2D eigenvalue weighted by Crippen LogP contribution is -2.20. The number of carbonyl (C=O) groups is 1. The Morgan fingerprint density at radius 3 is 2.94 bits per heavy atom. The number of carbonyl (C=O) groups excluding carboxylic acids is 1. The van der Waals surface area contributed by atoms with Crippen LogP contribution >= 0.6 is 11.6 Å². The third-order valence-corrected chi connectivity index (χ3v) is 3.05. The standard InChI is InChI=1S/C13H13ClN2O2/c1-15-13(17)6-8-5-9-10(14)3-4-16-11(9)7-12(8)18-2/h3-5,7H,6H2,1-2H3,(H,15,17). The number of pyridine rings is 1. The molecule has 1 amide bonds. The zero-order valence-electron chi connectivity index (χ0n) is 10.2. The highest BCUT2D eigenvalue weighted by Crippen LogP contribution is 2.29. The first-order valence-electron chi connectivity index (χ1n) is 5.47. The van der Waals surface area contributed by atoms with Gasteiger partial charge in [-0.15, -0.1) is 0 Å². The molecule has 0 atom stereocenters.